The number of sulfonamides is 1. The van der Waals surface area contributed by atoms with Crippen molar-refractivity contribution in [2.24, 2.45) is 5.92 Å². The molecule has 0 aliphatic rings. The Morgan fingerprint density at radius 3 is 2.43 bits per heavy atom. The van der Waals surface area contributed by atoms with Gasteiger partial charge in [-0.05, 0) is 36.5 Å². The normalized spacial score (nSPS) is 11.7. The molecule has 0 aliphatic carbocycles. The molecular formula is C16H26N2O4S. The number of carbonyl (C=O) groups excluding carboxylic acids is 1. The van der Waals surface area contributed by atoms with Crippen molar-refractivity contribution in [3.05, 3.63) is 29.8 Å². The van der Waals surface area contributed by atoms with Crippen LogP contribution >= 0.6 is 0 Å². The zero-order chi connectivity index (χ0) is 17.3. The summed E-state index contributed by atoms with van der Waals surface area (Å²) in [5, 5.41) is 11.4. The van der Waals surface area contributed by atoms with Gasteiger partial charge < -0.3 is 10.4 Å². The lowest BCUT2D eigenvalue weighted by Gasteiger charge is -2.09. The molecule has 0 spiro atoms. The van der Waals surface area contributed by atoms with Gasteiger partial charge in [0.15, 0.2) is 0 Å². The van der Waals surface area contributed by atoms with Crippen LogP contribution in [-0.4, -0.2) is 39.1 Å². The topological polar surface area (TPSA) is 95.5 Å². The number of benzene rings is 1. The van der Waals surface area contributed by atoms with Crippen molar-refractivity contribution in [2.45, 2.75) is 38.0 Å². The zero-order valence-corrected chi connectivity index (χ0v) is 14.5. The van der Waals surface area contributed by atoms with E-state index in [0.717, 1.165) is 5.56 Å². The molecule has 6 nitrogen and oxygen atoms in total. The monoisotopic (exact) mass is 342 g/mol. The second-order valence-corrected chi connectivity index (χ2v) is 7.58. The van der Waals surface area contributed by atoms with Crippen LogP contribution in [0.3, 0.4) is 0 Å². The second-order valence-electron chi connectivity index (χ2n) is 5.82. The summed E-state index contributed by atoms with van der Waals surface area (Å²) >= 11 is 0. The summed E-state index contributed by atoms with van der Waals surface area (Å²) in [6, 6.07) is 6.57. The maximum Gasteiger partial charge on any atom is 0.240 e. The van der Waals surface area contributed by atoms with Gasteiger partial charge in [0.05, 0.1) is 4.90 Å². The summed E-state index contributed by atoms with van der Waals surface area (Å²) in [7, 11) is -3.47. The van der Waals surface area contributed by atoms with Crippen molar-refractivity contribution in [1.82, 2.24) is 10.0 Å². The molecular weight excluding hydrogens is 316 g/mol. The van der Waals surface area contributed by atoms with Crippen LogP contribution in [0.5, 0.6) is 0 Å². The molecule has 0 unspecified atom stereocenters. The van der Waals surface area contributed by atoms with E-state index in [9.17, 15) is 13.2 Å². The lowest BCUT2D eigenvalue weighted by molar-refractivity contribution is -0.121. The molecule has 7 heteroatoms. The predicted octanol–water partition coefficient (Wildman–Crippen LogP) is 1.05. The molecule has 0 aromatic heterocycles. The number of amides is 1. The van der Waals surface area contributed by atoms with Crippen molar-refractivity contribution in [3.8, 4) is 0 Å². The standard InChI is InChI=1S/C16H26N2O4S/c1-13(2)12-18-23(21,22)15-7-4-14(5-8-15)6-9-16(20)17-10-3-11-19/h4-5,7-8,13,18-19H,3,6,9-12H2,1-2H3,(H,17,20). The summed E-state index contributed by atoms with van der Waals surface area (Å²) in [5.41, 5.74) is 0.908. The van der Waals surface area contributed by atoms with Gasteiger partial charge >= 0.3 is 0 Å². The van der Waals surface area contributed by atoms with Gasteiger partial charge in [-0.25, -0.2) is 13.1 Å². The Morgan fingerprint density at radius 1 is 1.22 bits per heavy atom. The minimum atomic E-state index is -3.47. The molecule has 0 bridgehead atoms. The summed E-state index contributed by atoms with van der Waals surface area (Å²) in [6.45, 7) is 4.81. The van der Waals surface area contributed by atoms with E-state index in [1.165, 1.54) is 0 Å². The van der Waals surface area contributed by atoms with Crippen LogP contribution in [-0.2, 0) is 21.2 Å². The molecule has 1 aromatic carbocycles. The van der Waals surface area contributed by atoms with Crippen LogP contribution in [0, 0.1) is 5.92 Å². The number of rotatable bonds is 10. The van der Waals surface area contributed by atoms with Gasteiger partial charge in [0.25, 0.3) is 0 Å². The Kier molecular flexibility index (Phi) is 8.22. The summed E-state index contributed by atoms with van der Waals surface area (Å²) in [4.78, 5) is 11.8. The molecule has 1 aromatic rings. The number of carbonyl (C=O) groups is 1. The SMILES string of the molecule is CC(C)CNS(=O)(=O)c1ccc(CCC(=O)NCCCO)cc1. The van der Waals surface area contributed by atoms with Crippen molar-refractivity contribution in [3.63, 3.8) is 0 Å². The van der Waals surface area contributed by atoms with Gasteiger partial charge in [0.1, 0.15) is 0 Å². The minimum Gasteiger partial charge on any atom is -0.396 e. The average molecular weight is 342 g/mol. The molecule has 0 aliphatic heterocycles. The molecule has 0 saturated carbocycles. The lowest BCUT2D eigenvalue weighted by atomic mass is 10.1. The minimum absolute atomic E-state index is 0.0566. The maximum atomic E-state index is 12.1. The van der Waals surface area contributed by atoms with Gasteiger partial charge in [-0.3, -0.25) is 4.79 Å². The van der Waals surface area contributed by atoms with Crippen LogP contribution in [0.4, 0.5) is 0 Å². The molecule has 1 amide bonds. The van der Waals surface area contributed by atoms with E-state index in [2.05, 4.69) is 10.0 Å². The number of aliphatic hydroxyl groups is 1. The van der Waals surface area contributed by atoms with Gasteiger partial charge in [-0.15, -0.1) is 0 Å². The Labute approximate surface area is 138 Å². The Hall–Kier alpha value is -1.44. The number of aryl methyl sites for hydroxylation is 1. The predicted molar refractivity (Wildman–Crippen MR) is 89.5 cm³/mol. The van der Waals surface area contributed by atoms with Crippen molar-refractivity contribution in [2.75, 3.05) is 19.7 Å². The lowest BCUT2D eigenvalue weighted by Crippen LogP contribution is -2.27. The van der Waals surface area contributed by atoms with Crippen LogP contribution in [0.1, 0.15) is 32.3 Å². The van der Waals surface area contributed by atoms with Gasteiger partial charge in [0.2, 0.25) is 15.9 Å². The molecule has 0 atom stereocenters. The molecule has 0 saturated heterocycles. The largest absolute Gasteiger partial charge is 0.396 e. The highest BCUT2D eigenvalue weighted by Gasteiger charge is 2.13. The van der Waals surface area contributed by atoms with Gasteiger partial charge in [-0.1, -0.05) is 26.0 Å². The third-order valence-corrected chi connectivity index (χ3v) is 4.65. The Balaban J connectivity index is 2.51. The van der Waals surface area contributed by atoms with Crippen LogP contribution in [0.25, 0.3) is 0 Å². The van der Waals surface area contributed by atoms with Gasteiger partial charge in [-0.2, -0.15) is 0 Å². The highest BCUT2D eigenvalue weighted by molar-refractivity contribution is 7.89. The summed E-state index contributed by atoms with van der Waals surface area (Å²) in [5.74, 6) is 0.169. The molecule has 0 fully saturated rings. The first-order valence-corrected chi connectivity index (χ1v) is 9.29. The van der Waals surface area contributed by atoms with E-state index in [1.807, 2.05) is 13.8 Å². The first kappa shape index (κ1) is 19.6. The number of nitrogens with one attached hydrogen (secondary N) is 2. The van der Waals surface area contributed by atoms with Crippen LogP contribution in [0.2, 0.25) is 0 Å². The van der Waals surface area contributed by atoms with Gasteiger partial charge in [0, 0.05) is 26.1 Å². The number of aliphatic hydroxyl groups excluding tert-OH is 1. The molecule has 3 N–H and O–H groups in total. The fraction of sp³-hybridized carbons (Fsp3) is 0.562. The number of hydrogen-bond donors (Lipinski definition) is 3. The van der Waals surface area contributed by atoms with E-state index in [0.29, 0.717) is 32.4 Å². The molecule has 23 heavy (non-hydrogen) atoms. The highest BCUT2D eigenvalue weighted by Crippen LogP contribution is 2.12. The molecule has 0 heterocycles. The van der Waals surface area contributed by atoms with E-state index in [1.54, 1.807) is 24.3 Å². The summed E-state index contributed by atoms with van der Waals surface area (Å²) in [6.07, 6.45) is 1.43. The average Bonchev–Trinajstić information content (AvgIpc) is 2.52. The third kappa shape index (κ3) is 7.58. The first-order valence-electron chi connectivity index (χ1n) is 7.81. The first-order chi connectivity index (χ1) is 10.8. The van der Waals surface area contributed by atoms with Crippen LogP contribution in [0.15, 0.2) is 29.2 Å². The van der Waals surface area contributed by atoms with E-state index >= 15 is 0 Å². The van der Waals surface area contributed by atoms with E-state index < -0.39 is 10.0 Å². The highest BCUT2D eigenvalue weighted by atomic mass is 32.2. The van der Waals surface area contributed by atoms with Crippen molar-refractivity contribution in [1.29, 1.82) is 0 Å². The Bertz CT molecular complexity index is 583. The van der Waals surface area contributed by atoms with E-state index in [-0.39, 0.29) is 23.3 Å². The van der Waals surface area contributed by atoms with E-state index in [4.69, 9.17) is 5.11 Å². The number of hydrogen-bond acceptors (Lipinski definition) is 4. The Morgan fingerprint density at radius 2 is 1.87 bits per heavy atom. The molecule has 0 radical (unpaired) electrons. The third-order valence-electron chi connectivity index (χ3n) is 3.21. The fourth-order valence-electron chi connectivity index (χ4n) is 1.85. The maximum absolute atomic E-state index is 12.1. The fourth-order valence-corrected chi connectivity index (χ4v) is 3.06. The smallest absolute Gasteiger partial charge is 0.240 e. The van der Waals surface area contributed by atoms with Crippen LogP contribution < -0.4 is 10.0 Å². The van der Waals surface area contributed by atoms with Crippen molar-refractivity contribution >= 4 is 15.9 Å². The summed E-state index contributed by atoms with van der Waals surface area (Å²) < 4.78 is 26.7. The van der Waals surface area contributed by atoms with Crippen molar-refractivity contribution < 1.29 is 18.3 Å². The zero-order valence-electron chi connectivity index (χ0n) is 13.7. The molecule has 1 rings (SSSR count). The molecule has 130 valence electrons. The second kappa shape index (κ2) is 9.64. The quantitative estimate of drug-likeness (QED) is 0.554.